The standard InChI is InChI=1S/C12H20N2O2S3/c1-9-8-18-11(6-13-3)12(9)19(15,16)14-4-5-17-10(2)7-14/h8,10,13H,4-7H2,1-3H3. The van der Waals surface area contributed by atoms with E-state index in [9.17, 15) is 8.42 Å². The Balaban J connectivity index is 2.36. The van der Waals surface area contributed by atoms with Gasteiger partial charge < -0.3 is 5.32 Å². The summed E-state index contributed by atoms with van der Waals surface area (Å²) in [5.74, 6) is 0.880. The van der Waals surface area contributed by atoms with Gasteiger partial charge >= 0.3 is 0 Å². The number of nitrogens with zero attached hydrogens (tertiary/aromatic N) is 1. The van der Waals surface area contributed by atoms with E-state index < -0.39 is 10.0 Å². The Morgan fingerprint density at radius 2 is 2.26 bits per heavy atom. The van der Waals surface area contributed by atoms with Crippen LogP contribution in [0.15, 0.2) is 10.3 Å². The van der Waals surface area contributed by atoms with Crippen molar-refractivity contribution in [2.75, 3.05) is 25.9 Å². The minimum absolute atomic E-state index is 0.371. The Kier molecular flexibility index (Phi) is 4.94. The molecule has 1 N–H and O–H groups in total. The number of thioether (sulfide) groups is 1. The average Bonchev–Trinajstić information content (AvgIpc) is 2.71. The zero-order valence-electron chi connectivity index (χ0n) is 11.5. The van der Waals surface area contributed by atoms with Gasteiger partial charge in [-0.2, -0.15) is 16.1 Å². The van der Waals surface area contributed by atoms with Crippen LogP contribution in [0.4, 0.5) is 0 Å². The third-order valence-electron chi connectivity index (χ3n) is 3.13. The summed E-state index contributed by atoms with van der Waals surface area (Å²) in [5, 5.41) is 5.35. The predicted octanol–water partition coefficient (Wildman–Crippen LogP) is 1.90. The highest BCUT2D eigenvalue weighted by Crippen LogP contribution is 2.31. The van der Waals surface area contributed by atoms with Crippen molar-refractivity contribution in [3.05, 3.63) is 15.8 Å². The monoisotopic (exact) mass is 320 g/mol. The van der Waals surface area contributed by atoms with Crippen molar-refractivity contribution in [2.24, 2.45) is 0 Å². The molecule has 2 heterocycles. The largest absolute Gasteiger partial charge is 0.315 e. The van der Waals surface area contributed by atoms with Crippen LogP contribution in [-0.4, -0.2) is 43.9 Å². The van der Waals surface area contributed by atoms with E-state index >= 15 is 0 Å². The molecule has 4 nitrogen and oxygen atoms in total. The van der Waals surface area contributed by atoms with Gasteiger partial charge in [0, 0.05) is 35.5 Å². The number of nitrogens with one attached hydrogen (secondary N) is 1. The summed E-state index contributed by atoms with van der Waals surface area (Å²) in [5.41, 5.74) is 0.862. The van der Waals surface area contributed by atoms with Crippen molar-refractivity contribution in [3.63, 3.8) is 0 Å². The molecule has 0 spiro atoms. The van der Waals surface area contributed by atoms with Gasteiger partial charge in [0.2, 0.25) is 10.0 Å². The summed E-state index contributed by atoms with van der Waals surface area (Å²) in [6.07, 6.45) is 0. The van der Waals surface area contributed by atoms with Crippen molar-refractivity contribution in [2.45, 2.75) is 30.5 Å². The molecule has 0 aromatic carbocycles. The van der Waals surface area contributed by atoms with Gasteiger partial charge in [0.05, 0.1) is 0 Å². The van der Waals surface area contributed by atoms with Gasteiger partial charge in [-0.25, -0.2) is 8.42 Å². The first-order chi connectivity index (χ1) is 8.96. The van der Waals surface area contributed by atoms with Crippen molar-refractivity contribution in [3.8, 4) is 0 Å². The van der Waals surface area contributed by atoms with Crippen LogP contribution in [0.2, 0.25) is 0 Å². The topological polar surface area (TPSA) is 49.4 Å². The lowest BCUT2D eigenvalue weighted by Gasteiger charge is -2.30. The molecule has 1 unspecified atom stereocenters. The Labute approximate surface area is 123 Å². The highest BCUT2D eigenvalue weighted by molar-refractivity contribution is 8.00. The maximum Gasteiger partial charge on any atom is 0.244 e. The fourth-order valence-electron chi connectivity index (χ4n) is 2.25. The molecule has 0 bridgehead atoms. The molecule has 0 saturated carbocycles. The minimum atomic E-state index is -3.34. The predicted molar refractivity (Wildman–Crippen MR) is 82.5 cm³/mol. The second-order valence-electron chi connectivity index (χ2n) is 4.75. The van der Waals surface area contributed by atoms with Crippen LogP contribution in [0.25, 0.3) is 0 Å². The van der Waals surface area contributed by atoms with Gasteiger partial charge in [0.15, 0.2) is 0 Å². The molecule has 1 aliphatic rings. The minimum Gasteiger partial charge on any atom is -0.315 e. The summed E-state index contributed by atoms with van der Waals surface area (Å²) >= 11 is 3.36. The molecular weight excluding hydrogens is 300 g/mol. The van der Waals surface area contributed by atoms with Crippen molar-refractivity contribution < 1.29 is 8.42 Å². The lowest BCUT2D eigenvalue weighted by molar-refractivity contribution is 0.423. The normalized spacial score (nSPS) is 21.7. The summed E-state index contributed by atoms with van der Waals surface area (Å²) in [6, 6.07) is 0. The number of hydrogen-bond acceptors (Lipinski definition) is 5. The lowest BCUT2D eigenvalue weighted by atomic mass is 10.3. The van der Waals surface area contributed by atoms with Crippen LogP contribution < -0.4 is 5.32 Å². The Bertz CT molecular complexity index is 539. The molecule has 108 valence electrons. The molecule has 1 atom stereocenters. The van der Waals surface area contributed by atoms with Crippen LogP contribution >= 0.6 is 23.1 Å². The third-order valence-corrected chi connectivity index (χ3v) is 7.59. The van der Waals surface area contributed by atoms with Crippen molar-refractivity contribution in [1.29, 1.82) is 0 Å². The van der Waals surface area contributed by atoms with E-state index in [2.05, 4.69) is 12.2 Å². The van der Waals surface area contributed by atoms with Crippen molar-refractivity contribution in [1.82, 2.24) is 9.62 Å². The maximum absolute atomic E-state index is 12.8. The van der Waals surface area contributed by atoms with E-state index in [1.807, 2.05) is 31.1 Å². The molecular formula is C12H20N2O2S3. The van der Waals surface area contributed by atoms with E-state index in [0.29, 0.717) is 29.8 Å². The third kappa shape index (κ3) is 3.16. The smallest absolute Gasteiger partial charge is 0.244 e. The molecule has 0 radical (unpaired) electrons. The van der Waals surface area contributed by atoms with E-state index in [1.165, 1.54) is 11.3 Å². The first-order valence-electron chi connectivity index (χ1n) is 6.30. The maximum atomic E-state index is 12.8. The van der Waals surface area contributed by atoms with Crippen LogP contribution in [0.1, 0.15) is 17.4 Å². The molecule has 2 rings (SSSR count). The van der Waals surface area contributed by atoms with E-state index in [1.54, 1.807) is 4.31 Å². The van der Waals surface area contributed by atoms with Gasteiger partial charge in [-0.15, -0.1) is 11.3 Å². The van der Waals surface area contributed by atoms with Crippen LogP contribution in [0.5, 0.6) is 0 Å². The zero-order chi connectivity index (χ0) is 14.0. The Morgan fingerprint density at radius 1 is 1.53 bits per heavy atom. The second kappa shape index (κ2) is 6.13. The number of rotatable bonds is 4. The molecule has 1 saturated heterocycles. The fourth-order valence-corrected chi connectivity index (χ4v) is 6.78. The number of sulfonamides is 1. The lowest BCUT2D eigenvalue weighted by Crippen LogP contribution is -2.41. The van der Waals surface area contributed by atoms with E-state index in [0.717, 1.165) is 16.2 Å². The molecule has 1 aliphatic heterocycles. The highest BCUT2D eigenvalue weighted by Gasteiger charge is 2.32. The first-order valence-corrected chi connectivity index (χ1v) is 9.67. The van der Waals surface area contributed by atoms with Crippen LogP contribution in [-0.2, 0) is 16.6 Å². The van der Waals surface area contributed by atoms with Gasteiger partial charge in [0.1, 0.15) is 4.90 Å². The van der Waals surface area contributed by atoms with Gasteiger partial charge in [-0.3, -0.25) is 0 Å². The Morgan fingerprint density at radius 3 is 2.89 bits per heavy atom. The molecule has 19 heavy (non-hydrogen) atoms. The molecule has 0 amide bonds. The Hall–Kier alpha value is -0.0800. The summed E-state index contributed by atoms with van der Waals surface area (Å²) in [6.45, 7) is 5.80. The van der Waals surface area contributed by atoms with Gasteiger partial charge in [0.25, 0.3) is 0 Å². The van der Waals surface area contributed by atoms with E-state index in [4.69, 9.17) is 0 Å². The quantitative estimate of drug-likeness (QED) is 0.920. The first kappa shape index (κ1) is 15.3. The number of aryl methyl sites for hydroxylation is 1. The summed E-state index contributed by atoms with van der Waals surface area (Å²) in [7, 11) is -1.51. The van der Waals surface area contributed by atoms with E-state index in [-0.39, 0.29) is 0 Å². The fraction of sp³-hybridized carbons (Fsp3) is 0.667. The zero-order valence-corrected chi connectivity index (χ0v) is 13.9. The SMILES string of the molecule is CNCc1scc(C)c1S(=O)(=O)N1CCSC(C)C1. The molecule has 1 fully saturated rings. The van der Waals surface area contributed by atoms with Crippen LogP contribution in [0, 0.1) is 6.92 Å². The highest BCUT2D eigenvalue weighted by atomic mass is 32.2. The molecule has 0 aliphatic carbocycles. The van der Waals surface area contributed by atoms with Crippen molar-refractivity contribution >= 4 is 33.1 Å². The van der Waals surface area contributed by atoms with Gasteiger partial charge in [-0.05, 0) is 24.9 Å². The molecule has 1 aromatic rings. The second-order valence-corrected chi connectivity index (χ2v) is 9.13. The summed E-state index contributed by atoms with van der Waals surface area (Å²) < 4.78 is 27.3. The number of hydrogen-bond donors (Lipinski definition) is 1. The average molecular weight is 321 g/mol. The summed E-state index contributed by atoms with van der Waals surface area (Å²) in [4.78, 5) is 1.43. The number of thiophene rings is 1. The van der Waals surface area contributed by atoms with Crippen LogP contribution in [0.3, 0.4) is 0 Å². The molecule has 1 aromatic heterocycles. The van der Waals surface area contributed by atoms with Gasteiger partial charge in [-0.1, -0.05) is 6.92 Å². The molecule has 7 heteroatoms.